The molecule has 0 aliphatic carbocycles. The average molecular weight is 192 g/mol. The Morgan fingerprint density at radius 3 is 3.00 bits per heavy atom. The van der Waals surface area contributed by atoms with E-state index in [1.165, 1.54) is 9.58 Å². The molecule has 5 heteroatoms. The number of carbonyl (C=O) groups excluding carboxylic acids is 1. The van der Waals surface area contributed by atoms with Gasteiger partial charge in [0.1, 0.15) is 5.69 Å². The molecule has 5 nitrogen and oxygen atoms in total. The van der Waals surface area contributed by atoms with Crippen LogP contribution in [0, 0.1) is 11.3 Å². The highest BCUT2D eigenvalue weighted by atomic mass is 16.2. The fraction of sp³-hybridized carbons (Fsp3) is 0.444. The maximum atomic E-state index is 11.7. The minimum atomic E-state index is -0.111. The summed E-state index contributed by atoms with van der Waals surface area (Å²) in [5.41, 5.74) is 0.533. The number of aryl methyl sites for hydroxylation is 1. The van der Waals surface area contributed by atoms with E-state index in [0.717, 1.165) is 0 Å². The molecule has 1 aromatic heterocycles. The van der Waals surface area contributed by atoms with Gasteiger partial charge in [-0.05, 0) is 6.07 Å². The van der Waals surface area contributed by atoms with E-state index < -0.39 is 0 Å². The molecule has 0 spiro atoms. The molecular weight excluding hydrogens is 180 g/mol. The Kier molecular flexibility index (Phi) is 3.24. The number of amides is 1. The van der Waals surface area contributed by atoms with Crippen LogP contribution in [0.2, 0.25) is 0 Å². The van der Waals surface area contributed by atoms with Gasteiger partial charge in [0.2, 0.25) is 0 Å². The number of carbonyl (C=O) groups is 1. The van der Waals surface area contributed by atoms with Crippen molar-refractivity contribution in [3.05, 3.63) is 18.0 Å². The van der Waals surface area contributed by atoms with Crippen molar-refractivity contribution in [2.45, 2.75) is 6.42 Å². The molecule has 0 saturated heterocycles. The predicted octanol–water partition coefficient (Wildman–Crippen LogP) is 0.406. The minimum Gasteiger partial charge on any atom is -0.339 e. The van der Waals surface area contributed by atoms with Gasteiger partial charge in [-0.2, -0.15) is 10.4 Å². The molecule has 0 atom stereocenters. The first kappa shape index (κ1) is 10.3. The van der Waals surface area contributed by atoms with Crippen LogP contribution in [0.1, 0.15) is 16.9 Å². The number of hydrogen-bond acceptors (Lipinski definition) is 3. The molecule has 0 fully saturated rings. The van der Waals surface area contributed by atoms with Crippen LogP contribution in [-0.4, -0.2) is 34.2 Å². The highest BCUT2D eigenvalue weighted by molar-refractivity contribution is 5.92. The largest absolute Gasteiger partial charge is 0.339 e. The van der Waals surface area contributed by atoms with Gasteiger partial charge < -0.3 is 4.90 Å². The SMILES string of the molecule is CN(CCC#N)C(=O)c1ccnn1C. The van der Waals surface area contributed by atoms with Gasteiger partial charge in [-0.3, -0.25) is 9.48 Å². The van der Waals surface area contributed by atoms with E-state index in [1.54, 1.807) is 26.4 Å². The van der Waals surface area contributed by atoms with Crippen LogP contribution in [0.4, 0.5) is 0 Å². The van der Waals surface area contributed by atoms with Crippen LogP contribution < -0.4 is 0 Å². The first-order chi connectivity index (χ1) is 6.66. The van der Waals surface area contributed by atoms with Gasteiger partial charge in [0, 0.05) is 26.8 Å². The second kappa shape index (κ2) is 4.42. The molecule has 1 amide bonds. The summed E-state index contributed by atoms with van der Waals surface area (Å²) in [6.45, 7) is 0.445. The third kappa shape index (κ3) is 2.10. The second-order valence-electron chi connectivity index (χ2n) is 2.97. The van der Waals surface area contributed by atoms with Gasteiger partial charge in [0.15, 0.2) is 0 Å². The fourth-order valence-corrected chi connectivity index (χ4v) is 1.10. The Labute approximate surface area is 82.5 Å². The molecule has 0 bridgehead atoms. The maximum absolute atomic E-state index is 11.7. The lowest BCUT2D eigenvalue weighted by molar-refractivity contribution is 0.0787. The average Bonchev–Trinajstić information content (AvgIpc) is 2.59. The Bertz CT molecular complexity index is 363. The van der Waals surface area contributed by atoms with Gasteiger partial charge in [-0.25, -0.2) is 0 Å². The zero-order valence-electron chi connectivity index (χ0n) is 8.27. The molecule has 0 saturated carbocycles. The van der Waals surface area contributed by atoms with Gasteiger partial charge in [-0.15, -0.1) is 0 Å². The first-order valence-electron chi connectivity index (χ1n) is 4.27. The summed E-state index contributed by atoms with van der Waals surface area (Å²) in [6.07, 6.45) is 1.92. The van der Waals surface area contributed by atoms with Crippen molar-refractivity contribution >= 4 is 5.91 Å². The first-order valence-corrected chi connectivity index (χ1v) is 4.27. The van der Waals surface area contributed by atoms with E-state index >= 15 is 0 Å². The number of aromatic nitrogens is 2. The summed E-state index contributed by atoms with van der Waals surface area (Å²) < 4.78 is 1.52. The number of rotatable bonds is 3. The van der Waals surface area contributed by atoms with Crippen LogP contribution >= 0.6 is 0 Å². The molecule has 0 aliphatic heterocycles. The summed E-state index contributed by atoms with van der Waals surface area (Å²) in [5, 5.41) is 12.3. The number of nitriles is 1. The van der Waals surface area contributed by atoms with E-state index in [1.807, 2.05) is 6.07 Å². The highest BCUT2D eigenvalue weighted by Gasteiger charge is 2.13. The van der Waals surface area contributed by atoms with E-state index in [-0.39, 0.29) is 5.91 Å². The summed E-state index contributed by atoms with van der Waals surface area (Å²) >= 11 is 0. The van der Waals surface area contributed by atoms with Crippen LogP contribution in [-0.2, 0) is 7.05 Å². The lowest BCUT2D eigenvalue weighted by atomic mass is 10.3. The lowest BCUT2D eigenvalue weighted by Crippen LogP contribution is -2.29. The Morgan fingerprint density at radius 2 is 2.50 bits per heavy atom. The quantitative estimate of drug-likeness (QED) is 0.696. The predicted molar refractivity (Wildman–Crippen MR) is 50.4 cm³/mol. The standard InChI is InChI=1S/C9H12N4O/c1-12(7-3-5-10)9(14)8-4-6-11-13(8)2/h4,6H,3,7H2,1-2H3. The molecule has 0 aromatic carbocycles. The molecule has 1 rings (SSSR count). The zero-order chi connectivity index (χ0) is 10.6. The normalized spacial score (nSPS) is 9.50. The van der Waals surface area contributed by atoms with E-state index in [0.29, 0.717) is 18.7 Å². The van der Waals surface area contributed by atoms with Gasteiger partial charge in [0.05, 0.1) is 12.5 Å². The van der Waals surface area contributed by atoms with Crippen molar-refractivity contribution in [3.63, 3.8) is 0 Å². The third-order valence-electron chi connectivity index (χ3n) is 1.95. The molecule has 0 aliphatic rings. The minimum absolute atomic E-state index is 0.111. The van der Waals surface area contributed by atoms with E-state index in [4.69, 9.17) is 5.26 Å². The zero-order valence-corrected chi connectivity index (χ0v) is 8.27. The molecule has 74 valence electrons. The number of hydrogen-bond donors (Lipinski definition) is 0. The molecule has 1 aromatic rings. The smallest absolute Gasteiger partial charge is 0.271 e. The summed E-state index contributed by atoms with van der Waals surface area (Å²) in [5.74, 6) is -0.111. The Balaban J connectivity index is 2.67. The molecule has 1 heterocycles. The molecular formula is C9H12N4O. The Morgan fingerprint density at radius 1 is 1.79 bits per heavy atom. The number of nitrogens with zero attached hydrogens (tertiary/aromatic N) is 4. The van der Waals surface area contributed by atoms with Gasteiger partial charge >= 0.3 is 0 Å². The molecule has 0 unspecified atom stereocenters. The van der Waals surface area contributed by atoms with Crippen LogP contribution in [0.25, 0.3) is 0 Å². The van der Waals surface area contributed by atoms with Crippen LogP contribution in [0.15, 0.2) is 12.3 Å². The van der Waals surface area contributed by atoms with E-state index in [9.17, 15) is 4.79 Å². The van der Waals surface area contributed by atoms with Gasteiger partial charge in [-0.1, -0.05) is 0 Å². The third-order valence-corrected chi connectivity index (χ3v) is 1.95. The molecule has 0 N–H and O–H groups in total. The summed E-state index contributed by atoms with van der Waals surface area (Å²) in [6, 6.07) is 3.66. The monoisotopic (exact) mass is 192 g/mol. The maximum Gasteiger partial charge on any atom is 0.271 e. The van der Waals surface area contributed by atoms with Crippen molar-refractivity contribution in [3.8, 4) is 6.07 Å². The van der Waals surface area contributed by atoms with Crippen molar-refractivity contribution in [1.29, 1.82) is 5.26 Å². The molecule has 14 heavy (non-hydrogen) atoms. The molecule has 0 radical (unpaired) electrons. The lowest BCUT2D eigenvalue weighted by Gasteiger charge is -2.14. The Hall–Kier alpha value is -1.83. The van der Waals surface area contributed by atoms with Crippen molar-refractivity contribution < 1.29 is 4.79 Å². The van der Waals surface area contributed by atoms with Crippen molar-refractivity contribution in [1.82, 2.24) is 14.7 Å². The van der Waals surface area contributed by atoms with Gasteiger partial charge in [0.25, 0.3) is 5.91 Å². The van der Waals surface area contributed by atoms with Crippen molar-refractivity contribution in [2.75, 3.05) is 13.6 Å². The topological polar surface area (TPSA) is 61.9 Å². The fourth-order valence-electron chi connectivity index (χ4n) is 1.10. The summed E-state index contributed by atoms with van der Waals surface area (Å²) in [7, 11) is 3.39. The second-order valence-corrected chi connectivity index (χ2v) is 2.97. The van der Waals surface area contributed by atoms with Crippen LogP contribution in [0.5, 0.6) is 0 Å². The van der Waals surface area contributed by atoms with Crippen molar-refractivity contribution in [2.24, 2.45) is 7.05 Å². The van der Waals surface area contributed by atoms with E-state index in [2.05, 4.69) is 5.10 Å². The highest BCUT2D eigenvalue weighted by Crippen LogP contribution is 2.01. The van der Waals surface area contributed by atoms with Crippen LogP contribution in [0.3, 0.4) is 0 Å². The summed E-state index contributed by atoms with van der Waals surface area (Å²) in [4.78, 5) is 13.2.